The first kappa shape index (κ1) is 13.5. The van der Waals surface area contributed by atoms with Crippen LogP contribution in [0.3, 0.4) is 0 Å². The van der Waals surface area contributed by atoms with Crippen LogP contribution in [0.4, 0.5) is 13.2 Å². The first-order chi connectivity index (χ1) is 6.40. The van der Waals surface area contributed by atoms with Gasteiger partial charge in [0.2, 0.25) is 5.91 Å². The first-order valence-electron chi connectivity index (χ1n) is 4.31. The Balaban J connectivity index is 4.06. The Kier molecular flexibility index (Phi) is 5.92. The summed E-state index contributed by atoms with van der Waals surface area (Å²) in [6.07, 6.45) is -3.84. The van der Waals surface area contributed by atoms with Crippen molar-refractivity contribution in [2.75, 3.05) is 19.0 Å². The summed E-state index contributed by atoms with van der Waals surface area (Å²) in [7, 11) is 0. The minimum atomic E-state index is -4.33. The minimum absolute atomic E-state index is 0.0701. The zero-order valence-electron chi connectivity index (χ0n) is 7.90. The van der Waals surface area contributed by atoms with Crippen LogP contribution in [0.15, 0.2) is 0 Å². The van der Waals surface area contributed by atoms with Crippen LogP contribution in [0.1, 0.15) is 19.8 Å². The molecule has 0 unspecified atom stereocenters. The number of carbonyl (C=O) groups excluding carboxylic acids is 1. The molecule has 0 rings (SSSR count). The van der Waals surface area contributed by atoms with Crippen LogP contribution in [0, 0.1) is 0 Å². The second-order valence-corrected chi connectivity index (χ2v) is 3.19. The molecule has 14 heavy (non-hydrogen) atoms. The number of alkyl halides is 4. The van der Waals surface area contributed by atoms with E-state index in [4.69, 9.17) is 11.6 Å². The molecule has 0 saturated carbocycles. The van der Waals surface area contributed by atoms with Gasteiger partial charge in [0.15, 0.2) is 0 Å². The Bertz CT molecular complexity index is 184. The number of rotatable bonds is 5. The Morgan fingerprint density at radius 3 is 2.36 bits per heavy atom. The molecule has 2 nitrogen and oxygen atoms in total. The molecule has 0 heterocycles. The Morgan fingerprint density at radius 1 is 1.43 bits per heavy atom. The first-order valence-corrected chi connectivity index (χ1v) is 4.84. The third-order valence-corrected chi connectivity index (χ3v) is 1.90. The fraction of sp³-hybridized carbons (Fsp3) is 0.875. The van der Waals surface area contributed by atoms with Crippen LogP contribution < -0.4 is 0 Å². The van der Waals surface area contributed by atoms with Crippen LogP contribution in [0.2, 0.25) is 0 Å². The molecule has 0 aromatic rings. The molecule has 0 aromatic carbocycles. The molecular weight excluding hydrogens is 219 g/mol. The lowest BCUT2D eigenvalue weighted by molar-refractivity contribution is -0.160. The molecule has 0 aliphatic heterocycles. The average molecular weight is 232 g/mol. The third-order valence-electron chi connectivity index (χ3n) is 1.63. The molecule has 0 bridgehead atoms. The van der Waals surface area contributed by atoms with Crippen LogP contribution in [-0.4, -0.2) is 36.0 Å². The molecule has 0 atom stereocenters. The van der Waals surface area contributed by atoms with Crippen molar-refractivity contribution < 1.29 is 18.0 Å². The van der Waals surface area contributed by atoms with Gasteiger partial charge in [0.1, 0.15) is 6.54 Å². The van der Waals surface area contributed by atoms with Gasteiger partial charge in [-0.1, -0.05) is 0 Å². The van der Waals surface area contributed by atoms with Gasteiger partial charge in [-0.2, -0.15) is 13.2 Å². The van der Waals surface area contributed by atoms with E-state index in [1.165, 1.54) is 6.92 Å². The minimum Gasteiger partial charge on any atom is -0.334 e. The fourth-order valence-corrected chi connectivity index (χ4v) is 1.10. The highest BCUT2D eigenvalue weighted by Crippen LogP contribution is 2.17. The van der Waals surface area contributed by atoms with Gasteiger partial charge in [0, 0.05) is 18.8 Å². The number of nitrogens with zero attached hydrogens (tertiary/aromatic N) is 1. The van der Waals surface area contributed by atoms with Gasteiger partial charge in [0.05, 0.1) is 0 Å². The van der Waals surface area contributed by atoms with E-state index in [1.807, 2.05) is 0 Å². The quantitative estimate of drug-likeness (QED) is 0.666. The maximum absolute atomic E-state index is 12.0. The SMILES string of the molecule is CCN(CC(F)(F)F)C(=O)CCCCl. The molecule has 0 aliphatic rings. The van der Waals surface area contributed by atoms with Gasteiger partial charge >= 0.3 is 6.18 Å². The van der Waals surface area contributed by atoms with Crippen molar-refractivity contribution in [3.63, 3.8) is 0 Å². The summed E-state index contributed by atoms with van der Waals surface area (Å²) >= 11 is 5.33. The predicted molar refractivity (Wildman–Crippen MR) is 48.3 cm³/mol. The highest BCUT2D eigenvalue weighted by molar-refractivity contribution is 6.17. The lowest BCUT2D eigenvalue weighted by Gasteiger charge is -2.22. The van der Waals surface area contributed by atoms with Gasteiger partial charge < -0.3 is 4.90 Å². The second-order valence-electron chi connectivity index (χ2n) is 2.82. The molecule has 6 heteroatoms. The van der Waals surface area contributed by atoms with E-state index in [2.05, 4.69) is 0 Å². The second kappa shape index (κ2) is 6.11. The van der Waals surface area contributed by atoms with Crippen molar-refractivity contribution in [1.82, 2.24) is 4.90 Å². The number of hydrogen-bond acceptors (Lipinski definition) is 1. The van der Waals surface area contributed by atoms with Gasteiger partial charge in [-0.05, 0) is 13.3 Å². The number of carbonyl (C=O) groups is 1. The largest absolute Gasteiger partial charge is 0.406 e. The lowest BCUT2D eigenvalue weighted by atomic mass is 10.3. The molecule has 0 radical (unpaired) electrons. The summed E-state index contributed by atoms with van der Waals surface area (Å²) in [5.74, 6) is -0.208. The molecule has 0 aromatic heterocycles. The van der Waals surface area contributed by atoms with E-state index in [0.717, 1.165) is 4.90 Å². The maximum atomic E-state index is 12.0. The van der Waals surface area contributed by atoms with Crippen LogP contribution in [-0.2, 0) is 4.79 Å². The highest BCUT2D eigenvalue weighted by atomic mass is 35.5. The Hall–Kier alpha value is -0.450. The van der Waals surface area contributed by atoms with Gasteiger partial charge in [-0.25, -0.2) is 0 Å². The van der Waals surface area contributed by atoms with Gasteiger partial charge in [-0.15, -0.1) is 11.6 Å². The van der Waals surface area contributed by atoms with E-state index < -0.39 is 18.6 Å². The topological polar surface area (TPSA) is 20.3 Å². The summed E-state index contributed by atoms with van der Waals surface area (Å²) in [6.45, 7) is 0.412. The summed E-state index contributed by atoms with van der Waals surface area (Å²) in [5.41, 5.74) is 0. The van der Waals surface area contributed by atoms with E-state index in [-0.39, 0.29) is 18.8 Å². The summed E-state index contributed by atoms with van der Waals surface area (Å²) in [4.78, 5) is 12.0. The average Bonchev–Trinajstić information content (AvgIpc) is 2.08. The summed E-state index contributed by atoms with van der Waals surface area (Å²) < 4.78 is 35.9. The van der Waals surface area contributed by atoms with Crippen molar-refractivity contribution in [3.8, 4) is 0 Å². The van der Waals surface area contributed by atoms with Crippen molar-refractivity contribution in [1.29, 1.82) is 0 Å². The van der Waals surface area contributed by atoms with Gasteiger partial charge in [-0.3, -0.25) is 4.79 Å². The van der Waals surface area contributed by atoms with Crippen molar-refractivity contribution in [2.24, 2.45) is 0 Å². The zero-order valence-corrected chi connectivity index (χ0v) is 8.66. The molecular formula is C8H13ClF3NO. The molecule has 0 N–H and O–H groups in total. The summed E-state index contributed by atoms with van der Waals surface area (Å²) in [5, 5.41) is 0. The number of hydrogen-bond donors (Lipinski definition) is 0. The molecule has 0 aliphatic carbocycles. The van der Waals surface area contributed by atoms with Crippen LogP contribution >= 0.6 is 11.6 Å². The number of amides is 1. The summed E-state index contributed by atoms with van der Waals surface area (Å²) in [6, 6.07) is 0. The van der Waals surface area contributed by atoms with E-state index in [9.17, 15) is 18.0 Å². The van der Waals surface area contributed by atoms with E-state index in [0.29, 0.717) is 6.42 Å². The molecule has 1 amide bonds. The smallest absolute Gasteiger partial charge is 0.334 e. The number of halogens is 4. The zero-order chi connectivity index (χ0) is 11.2. The maximum Gasteiger partial charge on any atom is 0.406 e. The van der Waals surface area contributed by atoms with E-state index >= 15 is 0 Å². The Morgan fingerprint density at radius 2 is 2.00 bits per heavy atom. The van der Waals surface area contributed by atoms with Crippen LogP contribution in [0.5, 0.6) is 0 Å². The fourth-order valence-electron chi connectivity index (χ4n) is 0.969. The molecule has 0 fully saturated rings. The standard InChI is InChI=1S/C8H13ClF3NO/c1-2-13(6-8(10,11)12)7(14)4-3-5-9/h2-6H2,1H3. The molecule has 0 saturated heterocycles. The predicted octanol–water partition coefficient (Wildman–Crippen LogP) is 2.42. The van der Waals surface area contributed by atoms with E-state index in [1.54, 1.807) is 0 Å². The highest BCUT2D eigenvalue weighted by Gasteiger charge is 2.31. The lowest BCUT2D eigenvalue weighted by Crippen LogP contribution is -2.38. The molecule has 0 spiro atoms. The Labute approximate surface area is 86.0 Å². The van der Waals surface area contributed by atoms with Gasteiger partial charge in [0.25, 0.3) is 0 Å². The monoisotopic (exact) mass is 231 g/mol. The molecule has 84 valence electrons. The van der Waals surface area contributed by atoms with Crippen LogP contribution in [0.25, 0.3) is 0 Å². The van der Waals surface area contributed by atoms with Crippen molar-refractivity contribution in [2.45, 2.75) is 25.9 Å². The third kappa shape index (κ3) is 6.07. The van der Waals surface area contributed by atoms with Crippen molar-refractivity contribution in [3.05, 3.63) is 0 Å². The van der Waals surface area contributed by atoms with Crippen molar-refractivity contribution >= 4 is 17.5 Å². The normalized spacial score (nSPS) is 11.5.